The van der Waals surface area contributed by atoms with Crippen molar-refractivity contribution >= 4 is 45.0 Å². The summed E-state index contributed by atoms with van der Waals surface area (Å²) in [5.41, 5.74) is 4.23. The molecule has 200 valence electrons. The summed E-state index contributed by atoms with van der Waals surface area (Å²) < 4.78 is 1.12. The minimum Gasteiger partial charge on any atom is -0.323 e. The van der Waals surface area contributed by atoms with Crippen LogP contribution in [0.2, 0.25) is 0 Å². The highest BCUT2D eigenvalue weighted by molar-refractivity contribution is 7.21. The third-order valence-electron chi connectivity index (χ3n) is 7.04. The maximum atomic E-state index is 13.8. The van der Waals surface area contributed by atoms with Crippen molar-refractivity contribution in [1.29, 1.82) is 0 Å². The highest BCUT2D eigenvalue weighted by Crippen LogP contribution is 2.35. The van der Waals surface area contributed by atoms with E-state index in [1.54, 1.807) is 28.4 Å². The fraction of sp³-hybridized carbons (Fsp3) is 0.312. The van der Waals surface area contributed by atoms with Gasteiger partial charge in [-0.15, -0.1) is 11.3 Å². The molecule has 1 aliphatic rings. The zero-order valence-electron chi connectivity index (χ0n) is 23.0. The molecule has 1 aliphatic heterocycles. The molecule has 3 amide bonds. The molecule has 0 N–H and O–H groups in total. The quantitative estimate of drug-likeness (QED) is 0.249. The molecule has 6 nitrogen and oxygen atoms in total. The fourth-order valence-electron chi connectivity index (χ4n) is 5.11. The summed E-state index contributed by atoms with van der Waals surface area (Å²) in [7, 11) is 0. The Balaban J connectivity index is 1.42. The van der Waals surface area contributed by atoms with E-state index in [2.05, 4.69) is 13.0 Å². The van der Waals surface area contributed by atoms with Crippen LogP contribution in [0.15, 0.2) is 72.8 Å². The van der Waals surface area contributed by atoms with Gasteiger partial charge in [-0.2, -0.15) is 0 Å². The molecule has 0 radical (unpaired) electrons. The van der Waals surface area contributed by atoms with E-state index in [1.165, 1.54) is 10.5 Å². The van der Waals surface area contributed by atoms with Gasteiger partial charge in [-0.1, -0.05) is 57.2 Å². The van der Waals surface area contributed by atoms with E-state index in [1.807, 2.05) is 82.3 Å². The topological polar surface area (TPSA) is 70.6 Å². The average Bonchev–Trinajstić information content (AvgIpc) is 3.43. The maximum absolute atomic E-state index is 13.8. The molecule has 1 aromatic heterocycles. The zero-order chi connectivity index (χ0) is 27.9. The van der Waals surface area contributed by atoms with Crippen molar-refractivity contribution in [2.75, 3.05) is 4.90 Å². The summed E-state index contributed by atoms with van der Waals surface area (Å²) in [6.45, 7) is 9.98. The second kappa shape index (κ2) is 10.4. The summed E-state index contributed by atoms with van der Waals surface area (Å²) in [6, 6.07) is 22.0. The molecule has 4 aromatic rings. The second-order valence-corrected chi connectivity index (χ2v) is 12.5. The molecule has 0 aliphatic carbocycles. The number of carbonyl (C=O) groups is 3. The lowest BCUT2D eigenvalue weighted by atomic mass is 9.90. The van der Waals surface area contributed by atoms with Crippen LogP contribution >= 0.6 is 11.3 Å². The Morgan fingerprint density at radius 1 is 1.05 bits per heavy atom. The lowest BCUT2D eigenvalue weighted by Crippen LogP contribution is -2.47. The van der Waals surface area contributed by atoms with E-state index in [0.717, 1.165) is 26.4 Å². The van der Waals surface area contributed by atoms with Crippen molar-refractivity contribution in [3.8, 4) is 10.6 Å². The first-order valence-electron chi connectivity index (χ1n) is 13.2. The minimum absolute atomic E-state index is 0.0368. The Bertz CT molecular complexity index is 1540. The van der Waals surface area contributed by atoms with Crippen LogP contribution in [0.3, 0.4) is 0 Å². The molecule has 1 saturated heterocycles. The number of anilines is 1. The largest absolute Gasteiger partial charge is 0.323 e. The van der Waals surface area contributed by atoms with Crippen LogP contribution in [-0.4, -0.2) is 33.6 Å². The first-order valence-corrected chi connectivity index (χ1v) is 14.0. The number of rotatable bonds is 6. The molecule has 39 heavy (non-hydrogen) atoms. The molecule has 5 rings (SSSR count). The fourth-order valence-corrected chi connectivity index (χ4v) is 6.18. The Kier molecular flexibility index (Phi) is 7.12. The van der Waals surface area contributed by atoms with Gasteiger partial charge in [0, 0.05) is 12.0 Å². The van der Waals surface area contributed by atoms with Gasteiger partial charge in [-0.05, 0) is 66.8 Å². The molecular formula is C32H33N3O3S. The Morgan fingerprint density at radius 3 is 2.41 bits per heavy atom. The number of hydrogen-bond acceptors (Lipinski definition) is 5. The van der Waals surface area contributed by atoms with Gasteiger partial charge in [0.05, 0.1) is 28.4 Å². The van der Waals surface area contributed by atoms with E-state index in [-0.39, 0.29) is 42.0 Å². The van der Waals surface area contributed by atoms with Gasteiger partial charge in [-0.25, -0.2) is 9.88 Å². The van der Waals surface area contributed by atoms with Crippen molar-refractivity contribution < 1.29 is 14.4 Å². The molecule has 1 fully saturated rings. The summed E-state index contributed by atoms with van der Waals surface area (Å²) in [4.78, 5) is 48.2. The molecule has 7 heteroatoms. The first-order chi connectivity index (χ1) is 18.5. The number of carbonyl (C=O) groups excluding carboxylic acids is 3. The van der Waals surface area contributed by atoms with Gasteiger partial charge >= 0.3 is 0 Å². The highest BCUT2D eigenvalue weighted by Gasteiger charge is 2.46. The highest BCUT2D eigenvalue weighted by atomic mass is 32.1. The van der Waals surface area contributed by atoms with Crippen molar-refractivity contribution in [1.82, 2.24) is 9.88 Å². The molecule has 2 heterocycles. The first kappa shape index (κ1) is 26.8. The summed E-state index contributed by atoms with van der Waals surface area (Å²) in [6.07, 6.45) is 0.239. The van der Waals surface area contributed by atoms with E-state index in [0.29, 0.717) is 5.69 Å². The van der Waals surface area contributed by atoms with Crippen LogP contribution in [0.4, 0.5) is 5.69 Å². The van der Waals surface area contributed by atoms with Crippen LogP contribution in [0.5, 0.6) is 0 Å². The number of hydrogen-bond donors (Lipinski definition) is 0. The standard InChI is InChI=1S/C32H33N3O3S/c1-20-11-16-25-27(17-20)39-30(33-25)23-12-14-24(15-13-23)35-28(36)18-26(31(35)38)34(29(37)19-32(3,4)5)21(2)22-9-7-6-8-10-22/h6-17,21,26H,18-19H2,1-5H3. The summed E-state index contributed by atoms with van der Waals surface area (Å²) >= 11 is 1.61. The van der Waals surface area contributed by atoms with Gasteiger partial charge < -0.3 is 4.90 Å². The number of nitrogens with zero attached hydrogens (tertiary/aromatic N) is 3. The molecule has 2 unspecified atom stereocenters. The summed E-state index contributed by atoms with van der Waals surface area (Å²) in [5.74, 6) is -0.802. The van der Waals surface area contributed by atoms with Crippen LogP contribution in [0, 0.1) is 12.3 Å². The van der Waals surface area contributed by atoms with Crippen molar-refractivity contribution in [2.45, 2.75) is 59.5 Å². The molecular weight excluding hydrogens is 506 g/mol. The molecule has 0 bridgehead atoms. The normalized spacial score (nSPS) is 16.6. The second-order valence-electron chi connectivity index (χ2n) is 11.4. The van der Waals surface area contributed by atoms with Crippen LogP contribution < -0.4 is 4.90 Å². The minimum atomic E-state index is -0.852. The molecule has 2 atom stereocenters. The van der Waals surface area contributed by atoms with E-state index in [9.17, 15) is 14.4 Å². The number of aryl methyl sites for hydroxylation is 1. The van der Waals surface area contributed by atoms with Gasteiger partial charge in [0.25, 0.3) is 5.91 Å². The van der Waals surface area contributed by atoms with E-state index < -0.39 is 6.04 Å². The number of thiazole rings is 1. The van der Waals surface area contributed by atoms with E-state index in [4.69, 9.17) is 4.98 Å². The number of imide groups is 1. The summed E-state index contributed by atoms with van der Waals surface area (Å²) in [5, 5.41) is 0.884. The van der Waals surface area contributed by atoms with Gasteiger partial charge in [0.15, 0.2) is 0 Å². The molecule has 0 spiro atoms. The van der Waals surface area contributed by atoms with Crippen LogP contribution in [0.1, 0.15) is 57.7 Å². The average molecular weight is 540 g/mol. The number of benzene rings is 3. The predicted octanol–water partition coefficient (Wildman–Crippen LogP) is 6.93. The SMILES string of the molecule is Cc1ccc2nc(-c3ccc(N4C(=O)CC(N(C(=O)CC(C)(C)C)C(C)c5ccccc5)C4=O)cc3)sc2c1. The lowest BCUT2D eigenvalue weighted by molar-refractivity contribution is -0.142. The lowest BCUT2D eigenvalue weighted by Gasteiger charge is -2.35. The Hall–Kier alpha value is -3.84. The smallest absolute Gasteiger partial charge is 0.257 e. The van der Waals surface area contributed by atoms with Crippen LogP contribution in [-0.2, 0) is 14.4 Å². The van der Waals surface area contributed by atoms with Gasteiger partial charge in [0.2, 0.25) is 11.8 Å². The number of aromatic nitrogens is 1. The number of amides is 3. The Morgan fingerprint density at radius 2 is 1.74 bits per heavy atom. The zero-order valence-corrected chi connectivity index (χ0v) is 23.8. The predicted molar refractivity (Wildman–Crippen MR) is 156 cm³/mol. The van der Waals surface area contributed by atoms with Crippen LogP contribution in [0.25, 0.3) is 20.8 Å². The van der Waals surface area contributed by atoms with Crippen molar-refractivity contribution in [2.24, 2.45) is 5.41 Å². The van der Waals surface area contributed by atoms with Gasteiger partial charge in [0.1, 0.15) is 11.0 Å². The Labute approximate surface area is 233 Å². The van der Waals surface area contributed by atoms with Crippen molar-refractivity contribution in [3.63, 3.8) is 0 Å². The number of fused-ring (bicyclic) bond motifs is 1. The molecule has 3 aromatic carbocycles. The van der Waals surface area contributed by atoms with Gasteiger partial charge in [-0.3, -0.25) is 14.4 Å². The third-order valence-corrected chi connectivity index (χ3v) is 8.11. The van der Waals surface area contributed by atoms with E-state index >= 15 is 0 Å². The third kappa shape index (κ3) is 5.50. The molecule has 0 saturated carbocycles. The monoisotopic (exact) mass is 539 g/mol. The van der Waals surface area contributed by atoms with Crippen molar-refractivity contribution in [3.05, 3.63) is 83.9 Å². The maximum Gasteiger partial charge on any atom is 0.257 e.